The van der Waals surface area contributed by atoms with Gasteiger partial charge in [0.15, 0.2) is 0 Å². The molecule has 0 radical (unpaired) electrons. The van der Waals surface area contributed by atoms with Crippen LogP contribution in [0.3, 0.4) is 0 Å². The molecular weight excluding hydrogens is 194 g/mol. The molecule has 2 unspecified atom stereocenters. The van der Waals surface area contributed by atoms with Crippen molar-refractivity contribution >= 4 is 11.6 Å². The van der Waals surface area contributed by atoms with Gasteiger partial charge in [-0.2, -0.15) is 0 Å². The summed E-state index contributed by atoms with van der Waals surface area (Å²) in [5.41, 5.74) is 1.38. The third kappa shape index (κ3) is 2.28. The van der Waals surface area contributed by atoms with E-state index in [4.69, 9.17) is 11.6 Å². The molecule has 1 fully saturated rings. The molecule has 76 valence electrons. The summed E-state index contributed by atoms with van der Waals surface area (Å²) < 4.78 is 0. The van der Waals surface area contributed by atoms with Gasteiger partial charge in [0, 0.05) is 24.5 Å². The summed E-state index contributed by atoms with van der Waals surface area (Å²) in [4.78, 5) is 2.45. The Balaban J connectivity index is 1.98. The number of hydrogen-bond acceptors (Lipinski definition) is 1. The van der Waals surface area contributed by atoms with E-state index in [0.717, 1.165) is 19.5 Å². The fourth-order valence-electron chi connectivity index (χ4n) is 2.07. The minimum Gasteiger partial charge on any atom is -0.295 e. The predicted octanol–water partition coefficient (Wildman–Crippen LogP) is 2.89. The van der Waals surface area contributed by atoms with Gasteiger partial charge in [-0.05, 0) is 18.9 Å². The van der Waals surface area contributed by atoms with E-state index in [-0.39, 0.29) is 0 Å². The van der Waals surface area contributed by atoms with Crippen LogP contribution < -0.4 is 0 Å². The lowest BCUT2D eigenvalue weighted by Gasteiger charge is -2.20. The molecule has 0 spiro atoms. The van der Waals surface area contributed by atoms with Gasteiger partial charge >= 0.3 is 0 Å². The maximum atomic E-state index is 6.13. The number of rotatable bonds is 2. The van der Waals surface area contributed by atoms with Crippen LogP contribution in [0.15, 0.2) is 30.3 Å². The van der Waals surface area contributed by atoms with Gasteiger partial charge in [-0.3, -0.25) is 4.90 Å². The summed E-state index contributed by atoms with van der Waals surface area (Å²) in [6, 6.07) is 11.2. The fraction of sp³-hybridized carbons (Fsp3) is 0.500. The van der Waals surface area contributed by atoms with Crippen LogP contribution in [0.2, 0.25) is 0 Å². The molecule has 0 aliphatic carbocycles. The highest BCUT2D eigenvalue weighted by atomic mass is 35.5. The average molecular weight is 210 g/mol. The largest absolute Gasteiger partial charge is 0.295 e. The zero-order valence-electron chi connectivity index (χ0n) is 8.49. The molecule has 1 aromatic rings. The summed E-state index contributed by atoms with van der Waals surface area (Å²) in [5, 5.41) is 0.341. The average Bonchev–Trinajstić information content (AvgIpc) is 2.47. The molecule has 1 aliphatic heterocycles. The standard InChI is InChI=1S/C12H16ClN/c1-10-7-12(13)9-14(10)8-11-5-3-2-4-6-11/h2-6,10,12H,7-9H2,1H3. The van der Waals surface area contributed by atoms with E-state index in [1.807, 2.05) is 0 Å². The van der Waals surface area contributed by atoms with E-state index in [0.29, 0.717) is 11.4 Å². The molecular formula is C12H16ClN. The summed E-state index contributed by atoms with van der Waals surface area (Å²) >= 11 is 6.13. The maximum absolute atomic E-state index is 6.13. The lowest BCUT2D eigenvalue weighted by Crippen LogP contribution is -2.26. The van der Waals surface area contributed by atoms with Crippen LogP contribution in [-0.2, 0) is 6.54 Å². The first-order valence-electron chi connectivity index (χ1n) is 5.18. The monoisotopic (exact) mass is 209 g/mol. The van der Waals surface area contributed by atoms with Crippen molar-refractivity contribution in [3.8, 4) is 0 Å². The Labute approximate surface area is 90.7 Å². The first-order chi connectivity index (χ1) is 6.75. The second-order valence-electron chi connectivity index (χ2n) is 4.10. The SMILES string of the molecule is CC1CC(Cl)CN1Cc1ccccc1. The topological polar surface area (TPSA) is 3.24 Å². The first-order valence-corrected chi connectivity index (χ1v) is 5.61. The van der Waals surface area contributed by atoms with E-state index < -0.39 is 0 Å². The number of benzene rings is 1. The Morgan fingerprint density at radius 3 is 2.64 bits per heavy atom. The second kappa shape index (κ2) is 4.33. The third-order valence-electron chi connectivity index (χ3n) is 2.88. The highest BCUT2D eigenvalue weighted by molar-refractivity contribution is 6.21. The van der Waals surface area contributed by atoms with E-state index in [2.05, 4.69) is 42.2 Å². The van der Waals surface area contributed by atoms with Gasteiger partial charge in [0.25, 0.3) is 0 Å². The van der Waals surface area contributed by atoms with Crippen molar-refractivity contribution in [2.75, 3.05) is 6.54 Å². The Morgan fingerprint density at radius 2 is 2.07 bits per heavy atom. The van der Waals surface area contributed by atoms with Crippen molar-refractivity contribution in [2.45, 2.75) is 31.3 Å². The minimum absolute atomic E-state index is 0.341. The Morgan fingerprint density at radius 1 is 1.36 bits per heavy atom. The summed E-state index contributed by atoms with van der Waals surface area (Å²) in [7, 11) is 0. The van der Waals surface area contributed by atoms with E-state index >= 15 is 0 Å². The van der Waals surface area contributed by atoms with Gasteiger partial charge in [-0.25, -0.2) is 0 Å². The highest BCUT2D eigenvalue weighted by Crippen LogP contribution is 2.23. The van der Waals surface area contributed by atoms with Crippen LogP contribution in [0.4, 0.5) is 0 Å². The Hall–Kier alpha value is -0.530. The number of hydrogen-bond donors (Lipinski definition) is 0. The van der Waals surface area contributed by atoms with Crippen LogP contribution in [0, 0.1) is 0 Å². The Kier molecular flexibility index (Phi) is 3.09. The maximum Gasteiger partial charge on any atom is 0.0478 e. The van der Waals surface area contributed by atoms with E-state index in [1.54, 1.807) is 0 Å². The summed E-state index contributed by atoms with van der Waals surface area (Å²) in [5.74, 6) is 0. The van der Waals surface area contributed by atoms with E-state index in [1.165, 1.54) is 5.56 Å². The van der Waals surface area contributed by atoms with Gasteiger partial charge in [0.2, 0.25) is 0 Å². The molecule has 2 atom stereocenters. The van der Waals surface area contributed by atoms with Crippen LogP contribution in [0.25, 0.3) is 0 Å². The zero-order chi connectivity index (χ0) is 9.97. The van der Waals surface area contributed by atoms with Crippen molar-refractivity contribution in [1.29, 1.82) is 0 Å². The molecule has 0 bridgehead atoms. The molecule has 1 heterocycles. The van der Waals surface area contributed by atoms with Gasteiger partial charge < -0.3 is 0 Å². The van der Waals surface area contributed by atoms with Gasteiger partial charge in [-0.1, -0.05) is 30.3 Å². The molecule has 0 aromatic heterocycles. The van der Waals surface area contributed by atoms with Crippen LogP contribution in [-0.4, -0.2) is 22.9 Å². The molecule has 2 heteroatoms. The molecule has 1 saturated heterocycles. The van der Waals surface area contributed by atoms with E-state index in [9.17, 15) is 0 Å². The molecule has 14 heavy (non-hydrogen) atoms. The third-order valence-corrected chi connectivity index (χ3v) is 3.20. The van der Waals surface area contributed by atoms with Crippen molar-refractivity contribution in [3.63, 3.8) is 0 Å². The van der Waals surface area contributed by atoms with Crippen molar-refractivity contribution in [3.05, 3.63) is 35.9 Å². The first kappa shape index (κ1) is 10.0. The molecule has 0 amide bonds. The smallest absolute Gasteiger partial charge is 0.0478 e. The van der Waals surface area contributed by atoms with Gasteiger partial charge in [0.05, 0.1) is 0 Å². The van der Waals surface area contributed by atoms with Gasteiger partial charge in [0.1, 0.15) is 0 Å². The summed E-state index contributed by atoms with van der Waals surface area (Å²) in [6.07, 6.45) is 1.12. The summed E-state index contributed by atoms with van der Waals surface area (Å²) in [6.45, 7) is 4.31. The molecule has 0 N–H and O–H groups in total. The number of nitrogens with zero attached hydrogens (tertiary/aromatic N) is 1. The Bertz CT molecular complexity index is 286. The molecule has 1 nitrogen and oxygen atoms in total. The van der Waals surface area contributed by atoms with Crippen molar-refractivity contribution < 1.29 is 0 Å². The molecule has 1 aromatic carbocycles. The number of halogens is 1. The lowest BCUT2D eigenvalue weighted by atomic mass is 10.2. The van der Waals surface area contributed by atoms with Crippen LogP contribution >= 0.6 is 11.6 Å². The van der Waals surface area contributed by atoms with Crippen molar-refractivity contribution in [2.24, 2.45) is 0 Å². The normalized spacial score (nSPS) is 28.1. The second-order valence-corrected chi connectivity index (χ2v) is 4.71. The molecule has 1 aliphatic rings. The predicted molar refractivity (Wildman–Crippen MR) is 60.6 cm³/mol. The van der Waals surface area contributed by atoms with Crippen LogP contribution in [0.1, 0.15) is 18.9 Å². The minimum atomic E-state index is 0.341. The van der Waals surface area contributed by atoms with Crippen LogP contribution in [0.5, 0.6) is 0 Å². The number of alkyl halides is 1. The molecule has 2 rings (SSSR count). The zero-order valence-corrected chi connectivity index (χ0v) is 9.24. The number of likely N-dealkylation sites (tertiary alicyclic amines) is 1. The molecule has 0 saturated carbocycles. The highest BCUT2D eigenvalue weighted by Gasteiger charge is 2.26. The van der Waals surface area contributed by atoms with Gasteiger partial charge in [-0.15, -0.1) is 11.6 Å². The lowest BCUT2D eigenvalue weighted by molar-refractivity contribution is 0.260. The quantitative estimate of drug-likeness (QED) is 0.678. The fourth-order valence-corrected chi connectivity index (χ4v) is 2.50. The van der Waals surface area contributed by atoms with Crippen molar-refractivity contribution in [1.82, 2.24) is 4.90 Å².